The van der Waals surface area contributed by atoms with Crippen LogP contribution in [0.4, 0.5) is 0 Å². The van der Waals surface area contributed by atoms with Gasteiger partial charge in [-0.2, -0.15) is 0 Å². The first-order valence-electron chi connectivity index (χ1n) is 10.9. The van der Waals surface area contributed by atoms with Crippen LogP contribution in [0.1, 0.15) is 63.3 Å². The van der Waals surface area contributed by atoms with E-state index in [-0.39, 0.29) is 24.5 Å². The number of esters is 1. The molecular formula is C23H30N2O3S. The molecule has 1 atom stereocenters. The van der Waals surface area contributed by atoms with Crippen molar-refractivity contribution in [3.05, 3.63) is 29.3 Å². The van der Waals surface area contributed by atoms with E-state index >= 15 is 0 Å². The Morgan fingerprint density at radius 3 is 2.72 bits per heavy atom. The van der Waals surface area contributed by atoms with Crippen molar-refractivity contribution in [2.24, 2.45) is 5.41 Å². The smallest absolute Gasteiger partial charge is 0.313 e. The van der Waals surface area contributed by atoms with E-state index in [4.69, 9.17) is 9.72 Å². The summed E-state index contributed by atoms with van der Waals surface area (Å²) in [4.78, 5) is 32.4. The van der Waals surface area contributed by atoms with Gasteiger partial charge < -0.3 is 9.64 Å². The monoisotopic (exact) mass is 414 g/mol. The number of amides is 1. The molecule has 0 N–H and O–H groups in total. The van der Waals surface area contributed by atoms with Crippen molar-refractivity contribution >= 4 is 33.4 Å². The topological polar surface area (TPSA) is 59.5 Å². The standard InChI is InChI=1S/C23H30N2O3S/c1-17-9-5-8-14-25(17)21(26)16-28-22(27)23(12-6-2-7-13-23)15-20-24-18-10-3-4-11-19(18)29-20/h3-4,10-11,17H,2,5-9,12-16H2,1H3. The van der Waals surface area contributed by atoms with E-state index in [0.29, 0.717) is 6.42 Å². The number of thiazole rings is 1. The van der Waals surface area contributed by atoms with Gasteiger partial charge >= 0.3 is 5.97 Å². The zero-order chi connectivity index (χ0) is 20.3. The van der Waals surface area contributed by atoms with Gasteiger partial charge in [-0.3, -0.25) is 9.59 Å². The molecule has 0 radical (unpaired) electrons. The van der Waals surface area contributed by atoms with Crippen molar-refractivity contribution in [2.75, 3.05) is 13.2 Å². The third-order valence-electron chi connectivity index (χ3n) is 6.52. The predicted octanol–water partition coefficient (Wildman–Crippen LogP) is 4.73. The molecule has 0 spiro atoms. The lowest BCUT2D eigenvalue weighted by molar-refractivity contribution is -0.164. The molecule has 2 aliphatic rings. The predicted molar refractivity (Wildman–Crippen MR) is 115 cm³/mol. The Hall–Kier alpha value is -1.95. The van der Waals surface area contributed by atoms with Gasteiger partial charge in [-0.15, -0.1) is 11.3 Å². The summed E-state index contributed by atoms with van der Waals surface area (Å²) in [6, 6.07) is 8.33. The van der Waals surface area contributed by atoms with Crippen LogP contribution in [0.25, 0.3) is 10.2 Å². The van der Waals surface area contributed by atoms with E-state index in [1.807, 2.05) is 23.1 Å². The molecule has 1 saturated heterocycles. The number of para-hydroxylation sites is 1. The van der Waals surface area contributed by atoms with Crippen molar-refractivity contribution in [3.63, 3.8) is 0 Å². The Morgan fingerprint density at radius 2 is 1.97 bits per heavy atom. The fraction of sp³-hybridized carbons (Fsp3) is 0.609. The van der Waals surface area contributed by atoms with Crippen molar-refractivity contribution < 1.29 is 14.3 Å². The third kappa shape index (κ3) is 4.47. The second kappa shape index (κ2) is 8.82. The summed E-state index contributed by atoms with van der Waals surface area (Å²) in [5.41, 5.74) is 0.445. The van der Waals surface area contributed by atoms with Crippen LogP contribution in [0.3, 0.4) is 0 Å². The number of hydrogen-bond acceptors (Lipinski definition) is 5. The van der Waals surface area contributed by atoms with Crippen LogP contribution in [0, 0.1) is 5.41 Å². The molecule has 1 aliphatic heterocycles. The lowest BCUT2D eigenvalue weighted by atomic mass is 9.72. The van der Waals surface area contributed by atoms with Gasteiger partial charge in [0.15, 0.2) is 6.61 Å². The number of rotatable bonds is 5. The SMILES string of the molecule is CC1CCCCN1C(=O)COC(=O)C1(Cc2nc3ccccc3s2)CCCCC1. The zero-order valence-corrected chi connectivity index (χ0v) is 18.0. The Labute approximate surface area is 176 Å². The van der Waals surface area contributed by atoms with E-state index < -0.39 is 5.41 Å². The highest BCUT2D eigenvalue weighted by atomic mass is 32.1. The average Bonchev–Trinajstić information content (AvgIpc) is 3.14. The number of fused-ring (bicyclic) bond motifs is 1. The average molecular weight is 415 g/mol. The number of ether oxygens (including phenoxy) is 1. The van der Waals surface area contributed by atoms with Crippen LogP contribution in [0.2, 0.25) is 0 Å². The molecule has 1 amide bonds. The van der Waals surface area contributed by atoms with Gasteiger partial charge in [0.1, 0.15) is 0 Å². The largest absolute Gasteiger partial charge is 0.455 e. The number of carbonyl (C=O) groups is 2. The molecule has 5 nitrogen and oxygen atoms in total. The molecule has 1 aliphatic carbocycles. The fourth-order valence-corrected chi connectivity index (χ4v) is 5.91. The summed E-state index contributed by atoms with van der Waals surface area (Å²) in [6.45, 7) is 2.72. The maximum absolute atomic E-state index is 13.2. The summed E-state index contributed by atoms with van der Waals surface area (Å²) in [5, 5.41) is 0.987. The quantitative estimate of drug-likeness (QED) is 0.664. The summed E-state index contributed by atoms with van der Waals surface area (Å²) < 4.78 is 6.79. The maximum atomic E-state index is 13.2. The lowest BCUT2D eigenvalue weighted by Crippen LogP contribution is -2.45. The van der Waals surface area contributed by atoms with E-state index in [1.54, 1.807) is 11.3 Å². The van der Waals surface area contributed by atoms with Crippen LogP contribution < -0.4 is 0 Å². The number of benzene rings is 1. The first kappa shape index (κ1) is 20.3. The number of piperidine rings is 1. The normalized spacial score (nSPS) is 21.8. The Morgan fingerprint density at radius 1 is 1.17 bits per heavy atom. The third-order valence-corrected chi connectivity index (χ3v) is 7.56. The number of nitrogens with zero attached hydrogens (tertiary/aromatic N) is 2. The molecule has 1 aromatic heterocycles. The van der Waals surface area contributed by atoms with Gasteiger partial charge in [0.2, 0.25) is 0 Å². The Kier molecular flexibility index (Phi) is 6.18. The highest BCUT2D eigenvalue weighted by molar-refractivity contribution is 7.18. The summed E-state index contributed by atoms with van der Waals surface area (Å²) in [5.74, 6) is -0.272. The Bertz CT molecular complexity index is 839. The van der Waals surface area contributed by atoms with E-state index in [0.717, 1.165) is 73.1 Å². The maximum Gasteiger partial charge on any atom is 0.313 e. The Balaban J connectivity index is 1.45. The van der Waals surface area contributed by atoms with Crippen LogP contribution in [-0.4, -0.2) is 41.0 Å². The number of hydrogen-bond donors (Lipinski definition) is 0. The highest BCUT2D eigenvalue weighted by Gasteiger charge is 2.42. The molecule has 4 rings (SSSR count). The molecule has 1 aromatic carbocycles. The van der Waals surface area contributed by atoms with Gasteiger partial charge in [0.25, 0.3) is 5.91 Å². The first-order chi connectivity index (χ1) is 14.1. The van der Waals surface area contributed by atoms with Gasteiger partial charge in [-0.25, -0.2) is 4.98 Å². The van der Waals surface area contributed by atoms with Gasteiger partial charge in [-0.05, 0) is 51.2 Å². The lowest BCUT2D eigenvalue weighted by Gasteiger charge is -2.35. The molecule has 6 heteroatoms. The molecule has 1 unspecified atom stereocenters. The van der Waals surface area contributed by atoms with Gasteiger partial charge in [0.05, 0.1) is 20.6 Å². The van der Waals surface area contributed by atoms with Crippen molar-refractivity contribution in [3.8, 4) is 0 Å². The van der Waals surface area contributed by atoms with Crippen LogP contribution in [0.15, 0.2) is 24.3 Å². The zero-order valence-electron chi connectivity index (χ0n) is 17.2. The van der Waals surface area contributed by atoms with Crippen LogP contribution in [0.5, 0.6) is 0 Å². The highest BCUT2D eigenvalue weighted by Crippen LogP contribution is 2.41. The van der Waals surface area contributed by atoms with Gasteiger partial charge in [-0.1, -0.05) is 31.4 Å². The van der Waals surface area contributed by atoms with Crippen LogP contribution in [-0.2, 0) is 20.7 Å². The molecule has 2 fully saturated rings. The minimum Gasteiger partial charge on any atom is -0.455 e. The molecule has 2 aromatic rings. The molecule has 2 heterocycles. The molecule has 156 valence electrons. The second-order valence-corrected chi connectivity index (χ2v) is 9.72. The van der Waals surface area contributed by atoms with E-state index in [2.05, 4.69) is 13.0 Å². The van der Waals surface area contributed by atoms with E-state index in [9.17, 15) is 9.59 Å². The van der Waals surface area contributed by atoms with Crippen LogP contribution >= 0.6 is 11.3 Å². The molecular weight excluding hydrogens is 384 g/mol. The fourth-order valence-electron chi connectivity index (χ4n) is 4.80. The minimum atomic E-state index is -0.542. The summed E-state index contributed by atoms with van der Waals surface area (Å²) >= 11 is 1.66. The summed E-state index contributed by atoms with van der Waals surface area (Å²) in [7, 11) is 0. The van der Waals surface area contributed by atoms with Crippen molar-refractivity contribution in [2.45, 2.75) is 70.8 Å². The molecule has 1 saturated carbocycles. The number of likely N-dealkylation sites (tertiary alicyclic amines) is 1. The van der Waals surface area contributed by atoms with E-state index in [1.165, 1.54) is 0 Å². The van der Waals surface area contributed by atoms with Gasteiger partial charge in [0, 0.05) is 19.0 Å². The first-order valence-corrected chi connectivity index (χ1v) is 11.7. The summed E-state index contributed by atoms with van der Waals surface area (Å²) in [6.07, 6.45) is 8.67. The number of carbonyl (C=O) groups excluding carboxylic acids is 2. The number of aromatic nitrogens is 1. The second-order valence-electron chi connectivity index (χ2n) is 8.60. The van der Waals surface area contributed by atoms with Crippen molar-refractivity contribution in [1.82, 2.24) is 9.88 Å². The van der Waals surface area contributed by atoms with Crippen molar-refractivity contribution in [1.29, 1.82) is 0 Å². The minimum absolute atomic E-state index is 0.0588. The molecule has 29 heavy (non-hydrogen) atoms. The molecule has 0 bridgehead atoms.